The zero-order valence-corrected chi connectivity index (χ0v) is 24.1. The Labute approximate surface area is 236 Å². The molecule has 202 valence electrons. The molecule has 3 saturated heterocycles. The number of fused-ring (bicyclic) bond motifs is 1. The molecular formula is C29H34BrN3O4S. The first-order chi connectivity index (χ1) is 18.3. The number of likely N-dealkylation sites (tertiary alicyclic amines) is 1. The highest BCUT2D eigenvalue weighted by Crippen LogP contribution is 2.67. The third-order valence-electron chi connectivity index (χ3n) is 8.19. The number of nitrogens with one attached hydrogen (secondary N) is 2. The molecule has 2 aromatic rings. The molecule has 7 nitrogen and oxygen atoms in total. The molecule has 9 heteroatoms. The van der Waals surface area contributed by atoms with Gasteiger partial charge < -0.3 is 20.6 Å². The van der Waals surface area contributed by atoms with Gasteiger partial charge in [0.15, 0.2) is 0 Å². The maximum atomic E-state index is 14.0. The molecule has 6 atom stereocenters. The smallest absolute Gasteiger partial charge is 0.248 e. The minimum absolute atomic E-state index is 0.0249. The second-order valence-corrected chi connectivity index (χ2v) is 13.3. The summed E-state index contributed by atoms with van der Waals surface area (Å²) in [5, 5.41) is 15.5. The van der Waals surface area contributed by atoms with Gasteiger partial charge in [-0.3, -0.25) is 14.4 Å². The molecule has 3 N–H and O–H groups in total. The number of carbonyl (C=O) groups excluding carboxylic acids is 3. The van der Waals surface area contributed by atoms with E-state index >= 15 is 0 Å². The minimum atomic E-state index is -0.695. The van der Waals surface area contributed by atoms with Crippen LogP contribution < -0.4 is 10.6 Å². The number of unbranched alkanes of at least 4 members (excludes halogenated alkanes) is 1. The van der Waals surface area contributed by atoms with E-state index in [9.17, 15) is 19.5 Å². The van der Waals surface area contributed by atoms with Gasteiger partial charge in [0.25, 0.3) is 0 Å². The Morgan fingerprint density at radius 1 is 1.08 bits per heavy atom. The number of hydrogen-bond donors (Lipinski definition) is 3. The van der Waals surface area contributed by atoms with Crippen molar-refractivity contribution in [1.82, 2.24) is 10.2 Å². The van der Waals surface area contributed by atoms with Gasteiger partial charge in [0.1, 0.15) is 6.04 Å². The van der Waals surface area contributed by atoms with Crippen LogP contribution in [0.25, 0.3) is 0 Å². The normalized spacial score (nSPS) is 29.4. The largest absolute Gasteiger partial charge is 0.396 e. The van der Waals surface area contributed by atoms with E-state index in [-0.39, 0.29) is 34.4 Å². The summed E-state index contributed by atoms with van der Waals surface area (Å²) in [6.07, 6.45) is 1.78. The molecule has 2 aromatic carbocycles. The van der Waals surface area contributed by atoms with Crippen LogP contribution in [0.3, 0.4) is 0 Å². The molecule has 3 aliphatic rings. The number of aliphatic hydroxyl groups excluding tert-OH is 1. The van der Waals surface area contributed by atoms with Gasteiger partial charge in [-0.2, -0.15) is 0 Å². The number of benzene rings is 2. The minimum Gasteiger partial charge on any atom is -0.396 e. The first-order valence-electron chi connectivity index (χ1n) is 13.2. The van der Waals surface area contributed by atoms with Crippen molar-refractivity contribution in [3.63, 3.8) is 0 Å². The number of rotatable bonds is 9. The average molecular weight is 601 g/mol. The van der Waals surface area contributed by atoms with E-state index in [0.29, 0.717) is 32.4 Å². The van der Waals surface area contributed by atoms with Gasteiger partial charge in [-0.25, -0.2) is 0 Å². The number of anilines is 1. The lowest BCUT2D eigenvalue weighted by Crippen LogP contribution is -2.53. The number of amides is 3. The van der Waals surface area contributed by atoms with Crippen molar-refractivity contribution in [2.24, 2.45) is 11.8 Å². The van der Waals surface area contributed by atoms with E-state index in [0.717, 1.165) is 22.4 Å². The molecule has 38 heavy (non-hydrogen) atoms. The van der Waals surface area contributed by atoms with E-state index in [4.69, 9.17) is 0 Å². The summed E-state index contributed by atoms with van der Waals surface area (Å²) >= 11 is 5.44. The number of para-hydroxylation sites is 1. The van der Waals surface area contributed by atoms with Gasteiger partial charge in [0.2, 0.25) is 17.7 Å². The van der Waals surface area contributed by atoms with Gasteiger partial charge in [0.05, 0.1) is 16.6 Å². The fourth-order valence-corrected chi connectivity index (χ4v) is 10.1. The predicted octanol–water partition coefficient (Wildman–Crippen LogP) is 3.80. The van der Waals surface area contributed by atoms with Gasteiger partial charge >= 0.3 is 0 Å². The Balaban J connectivity index is 1.46. The van der Waals surface area contributed by atoms with Gasteiger partial charge in [0, 0.05) is 35.5 Å². The molecule has 3 fully saturated rings. The highest BCUT2D eigenvalue weighted by Gasteiger charge is 2.75. The number of hydrogen-bond acceptors (Lipinski definition) is 5. The van der Waals surface area contributed by atoms with E-state index in [1.807, 2.05) is 62.4 Å². The Morgan fingerprint density at radius 2 is 1.79 bits per heavy atom. The molecule has 0 aromatic heterocycles. The molecule has 3 amide bonds. The lowest BCUT2D eigenvalue weighted by Gasteiger charge is -2.35. The lowest BCUT2D eigenvalue weighted by molar-refractivity contribution is -0.139. The van der Waals surface area contributed by atoms with Crippen molar-refractivity contribution in [2.45, 2.75) is 60.5 Å². The van der Waals surface area contributed by atoms with E-state index < -0.39 is 22.6 Å². The molecule has 3 aliphatic heterocycles. The van der Waals surface area contributed by atoms with Crippen molar-refractivity contribution < 1.29 is 19.5 Å². The summed E-state index contributed by atoms with van der Waals surface area (Å²) in [4.78, 5) is 43.4. The Morgan fingerprint density at radius 3 is 2.47 bits per heavy atom. The molecular weight excluding hydrogens is 566 g/mol. The lowest BCUT2D eigenvalue weighted by atomic mass is 9.70. The van der Waals surface area contributed by atoms with Crippen LogP contribution in [0, 0.1) is 25.7 Å². The number of aliphatic hydroxyl groups is 1. The van der Waals surface area contributed by atoms with Crippen LogP contribution in [-0.4, -0.2) is 61.7 Å². The second-order valence-electron chi connectivity index (χ2n) is 10.6. The molecule has 0 radical (unpaired) electrons. The fraction of sp³-hybridized carbons (Fsp3) is 0.483. The van der Waals surface area contributed by atoms with Gasteiger partial charge in [-0.1, -0.05) is 64.5 Å². The summed E-state index contributed by atoms with van der Waals surface area (Å²) in [6, 6.07) is 14.9. The molecule has 3 unspecified atom stereocenters. The van der Waals surface area contributed by atoms with E-state index in [1.165, 1.54) is 0 Å². The Hall–Kier alpha value is -2.36. The molecule has 0 aliphatic carbocycles. The number of nitrogens with zero attached hydrogens (tertiary/aromatic N) is 1. The molecule has 3 heterocycles. The fourth-order valence-electron chi connectivity index (χ4n) is 6.47. The zero-order valence-electron chi connectivity index (χ0n) is 21.7. The van der Waals surface area contributed by atoms with Crippen LogP contribution in [0.4, 0.5) is 5.69 Å². The highest BCUT2D eigenvalue weighted by molar-refractivity contribution is 9.09. The van der Waals surface area contributed by atoms with E-state index in [2.05, 4.69) is 26.6 Å². The zero-order chi connectivity index (χ0) is 27.0. The number of carbonyl (C=O) groups is 3. The van der Waals surface area contributed by atoms with Crippen LogP contribution in [-0.2, 0) is 20.9 Å². The van der Waals surface area contributed by atoms with Gasteiger partial charge in [-0.15, -0.1) is 11.8 Å². The summed E-state index contributed by atoms with van der Waals surface area (Å²) < 4.78 is -0.690. The van der Waals surface area contributed by atoms with E-state index in [1.54, 1.807) is 16.7 Å². The molecule has 2 bridgehead atoms. The first kappa shape index (κ1) is 27.2. The summed E-state index contributed by atoms with van der Waals surface area (Å²) in [5.41, 5.74) is 3.69. The maximum absolute atomic E-state index is 14.0. The SMILES string of the molecule is Cc1cccc(C)c1NC(=O)C1N(CCCCO)C(=O)[C@@H]2[C@@H](C(=O)NCc3ccccc3)[C@@H]3SC12CC3Br. The van der Waals surface area contributed by atoms with Crippen molar-refractivity contribution in [1.29, 1.82) is 0 Å². The number of thioether (sulfide) groups is 1. The van der Waals surface area contributed by atoms with Crippen LogP contribution >= 0.6 is 27.7 Å². The third-order valence-corrected chi connectivity index (χ3v) is 11.4. The monoisotopic (exact) mass is 599 g/mol. The number of alkyl halides is 1. The summed E-state index contributed by atoms with van der Waals surface area (Å²) in [6.45, 7) is 4.71. The maximum Gasteiger partial charge on any atom is 0.248 e. The van der Waals surface area contributed by atoms with Crippen LogP contribution in [0.1, 0.15) is 36.0 Å². The quantitative estimate of drug-likeness (QED) is 0.301. The van der Waals surface area contributed by atoms with Crippen molar-refractivity contribution in [3.05, 3.63) is 65.2 Å². The topological polar surface area (TPSA) is 98.7 Å². The Bertz CT molecular complexity index is 1210. The average Bonchev–Trinajstić information content (AvgIpc) is 3.49. The van der Waals surface area contributed by atoms with Crippen molar-refractivity contribution >= 4 is 51.1 Å². The summed E-state index contributed by atoms with van der Waals surface area (Å²) in [5.74, 6) is -1.56. The van der Waals surface area contributed by atoms with Crippen molar-refractivity contribution in [3.8, 4) is 0 Å². The molecule has 0 saturated carbocycles. The van der Waals surface area contributed by atoms with Crippen LogP contribution in [0.2, 0.25) is 0 Å². The molecule has 1 spiro atoms. The standard InChI is InChI=1S/C29H34BrN3O4S/c1-17-9-8-10-18(2)23(17)32-27(36)25-29-15-20(30)24(38-29)21(22(29)28(37)33(25)13-6-7-14-34)26(35)31-16-19-11-4-3-5-12-19/h3-5,8-12,20-22,24-25,34H,6-7,13-16H2,1-2H3,(H,31,35)(H,32,36)/t20?,21-,22+,24-,25?,29?/m1/s1. The number of halogens is 1. The highest BCUT2D eigenvalue weighted by atomic mass is 79.9. The van der Waals surface area contributed by atoms with Crippen LogP contribution in [0.5, 0.6) is 0 Å². The molecule has 5 rings (SSSR count). The number of aryl methyl sites for hydroxylation is 2. The third kappa shape index (κ3) is 4.67. The predicted molar refractivity (Wildman–Crippen MR) is 153 cm³/mol. The Kier molecular flexibility index (Phi) is 7.89. The first-order valence-corrected chi connectivity index (χ1v) is 15.0. The van der Waals surface area contributed by atoms with Crippen molar-refractivity contribution in [2.75, 3.05) is 18.5 Å². The van der Waals surface area contributed by atoms with Gasteiger partial charge in [-0.05, 0) is 49.8 Å². The van der Waals surface area contributed by atoms with Crippen LogP contribution in [0.15, 0.2) is 48.5 Å². The summed E-state index contributed by atoms with van der Waals surface area (Å²) in [7, 11) is 0. The second kappa shape index (κ2) is 11.0.